The lowest BCUT2D eigenvalue weighted by Crippen LogP contribution is -2.07. The van der Waals surface area contributed by atoms with E-state index in [2.05, 4.69) is 31.9 Å². The fraction of sp³-hybridized carbons (Fsp3) is 0.250. The van der Waals surface area contributed by atoms with E-state index in [-0.39, 0.29) is 11.3 Å². The molecule has 0 spiro atoms. The highest BCUT2D eigenvalue weighted by Crippen LogP contribution is 2.43. The lowest BCUT2D eigenvalue weighted by atomic mass is 9.93. The molecule has 0 unspecified atom stereocenters. The van der Waals surface area contributed by atoms with Crippen molar-refractivity contribution in [3.05, 3.63) is 51.0 Å². The summed E-state index contributed by atoms with van der Waals surface area (Å²) in [5.41, 5.74) is 1.86. The predicted octanol–water partition coefficient (Wildman–Crippen LogP) is 6.35. The Morgan fingerprint density at radius 2 is 1.73 bits per heavy atom. The van der Waals surface area contributed by atoms with E-state index in [1.807, 2.05) is 6.92 Å². The van der Waals surface area contributed by atoms with Crippen LogP contribution in [0.3, 0.4) is 0 Å². The van der Waals surface area contributed by atoms with E-state index in [1.165, 1.54) is 13.0 Å². The quantitative estimate of drug-likeness (QED) is 0.542. The second-order valence-electron chi connectivity index (χ2n) is 5.04. The normalized spacial score (nSPS) is 11.8. The zero-order valence-electron chi connectivity index (χ0n) is 11.9. The molecule has 118 valence electrons. The molecule has 0 bridgehead atoms. The highest BCUT2D eigenvalue weighted by Gasteiger charge is 2.33. The summed E-state index contributed by atoms with van der Waals surface area (Å²) in [5, 5.41) is 10.7. The van der Waals surface area contributed by atoms with Crippen molar-refractivity contribution in [2.75, 3.05) is 0 Å². The van der Waals surface area contributed by atoms with Gasteiger partial charge in [-0.1, -0.05) is 28.1 Å². The third-order valence-electron chi connectivity index (χ3n) is 3.55. The summed E-state index contributed by atoms with van der Waals surface area (Å²) in [6, 6.07) is 5.85. The van der Waals surface area contributed by atoms with Crippen LogP contribution >= 0.6 is 31.9 Å². The van der Waals surface area contributed by atoms with Crippen LogP contribution in [0.4, 0.5) is 13.2 Å². The van der Waals surface area contributed by atoms with Crippen LogP contribution < -0.4 is 0 Å². The summed E-state index contributed by atoms with van der Waals surface area (Å²) >= 11 is 6.58. The van der Waals surface area contributed by atoms with Crippen molar-refractivity contribution in [3.8, 4) is 16.9 Å². The molecular formula is C16H13Br2F3O. The third-order valence-corrected chi connectivity index (χ3v) is 4.71. The monoisotopic (exact) mass is 436 g/mol. The molecule has 0 amide bonds. The molecule has 0 aliphatic rings. The van der Waals surface area contributed by atoms with Crippen LogP contribution in [0.15, 0.2) is 28.7 Å². The Bertz CT molecular complexity index is 724. The minimum Gasteiger partial charge on any atom is -0.506 e. The zero-order valence-corrected chi connectivity index (χ0v) is 15.0. The van der Waals surface area contributed by atoms with Crippen LogP contribution in [0, 0.1) is 13.8 Å². The van der Waals surface area contributed by atoms with Gasteiger partial charge in [-0.25, -0.2) is 0 Å². The maximum atomic E-state index is 13.1. The standard InChI is InChI=1S/C16H13Br2F3O/c1-8-3-4-10(6-12(8)16(19,20)21)14-11(7-17)9(2)5-13(18)15(14)22/h3-6,22H,7H2,1-2H3. The first-order valence-electron chi connectivity index (χ1n) is 6.42. The van der Waals surface area contributed by atoms with Gasteiger partial charge in [-0.3, -0.25) is 0 Å². The molecule has 0 heterocycles. The highest BCUT2D eigenvalue weighted by atomic mass is 79.9. The van der Waals surface area contributed by atoms with Gasteiger partial charge in [0.25, 0.3) is 0 Å². The number of aryl methyl sites for hydroxylation is 2. The molecular weight excluding hydrogens is 425 g/mol. The summed E-state index contributed by atoms with van der Waals surface area (Å²) in [6.07, 6.45) is -4.43. The lowest BCUT2D eigenvalue weighted by molar-refractivity contribution is -0.138. The lowest BCUT2D eigenvalue weighted by Gasteiger charge is -2.17. The first-order valence-corrected chi connectivity index (χ1v) is 8.33. The molecule has 2 rings (SSSR count). The number of alkyl halides is 4. The average molecular weight is 438 g/mol. The van der Waals surface area contributed by atoms with Gasteiger partial charge >= 0.3 is 6.18 Å². The molecule has 0 aliphatic carbocycles. The van der Waals surface area contributed by atoms with Crippen molar-refractivity contribution in [2.45, 2.75) is 25.4 Å². The van der Waals surface area contributed by atoms with E-state index in [1.54, 1.807) is 12.1 Å². The van der Waals surface area contributed by atoms with Crippen LogP contribution in [0.25, 0.3) is 11.1 Å². The summed E-state index contributed by atoms with van der Waals surface area (Å²) < 4.78 is 39.8. The van der Waals surface area contributed by atoms with Crippen LogP contribution in [-0.2, 0) is 11.5 Å². The summed E-state index contributed by atoms with van der Waals surface area (Å²) in [5.74, 6) is -0.0583. The Balaban J connectivity index is 2.78. The molecule has 22 heavy (non-hydrogen) atoms. The average Bonchev–Trinajstić information content (AvgIpc) is 2.42. The Morgan fingerprint density at radius 3 is 2.27 bits per heavy atom. The topological polar surface area (TPSA) is 20.2 Å². The van der Waals surface area contributed by atoms with Gasteiger partial charge in [-0.15, -0.1) is 0 Å². The summed E-state index contributed by atoms with van der Waals surface area (Å²) in [6.45, 7) is 3.27. The smallest absolute Gasteiger partial charge is 0.416 e. The minimum atomic E-state index is -4.43. The molecule has 0 aliphatic heterocycles. The van der Waals surface area contributed by atoms with Gasteiger partial charge in [0.1, 0.15) is 5.75 Å². The Kier molecular flexibility index (Phi) is 4.92. The summed E-state index contributed by atoms with van der Waals surface area (Å²) in [4.78, 5) is 0. The van der Waals surface area contributed by atoms with Gasteiger partial charge in [0.2, 0.25) is 0 Å². The molecule has 0 saturated heterocycles. The molecule has 0 aromatic heterocycles. The highest BCUT2D eigenvalue weighted by molar-refractivity contribution is 9.10. The maximum absolute atomic E-state index is 13.1. The number of phenols is 1. The molecule has 1 nitrogen and oxygen atoms in total. The van der Waals surface area contributed by atoms with Gasteiger partial charge in [-0.2, -0.15) is 13.2 Å². The fourth-order valence-corrected chi connectivity index (χ4v) is 3.64. The Labute approximate surface area is 143 Å². The number of hydrogen-bond acceptors (Lipinski definition) is 1. The van der Waals surface area contributed by atoms with Crippen LogP contribution in [0.2, 0.25) is 0 Å². The van der Waals surface area contributed by atoms with E-state index in [4.69, 9.17) is 0 Å². The molecule has 6 heteroatoms. The van der Waals surface area contributed by atoms with Gasteiger partial charge in [0.15, 0.2) is 0 Å². The van der Waals surface area contributed by atoms with Crippen molar-refractivity contribution < 1.29 is 18.3 Å². The predicted molar refractivity (Wildman–Crippen MR) is 88.3 cm³/mol. The van der Waals surface area contributed by atoms with E-state index in [0.29, 0.717) is 20.9 Å². The van der Waals surface area contributed by atoms with E-state index < -0.39 is 11.7 Å². The number of aromatic hydroxyl groups is 1. The first kappa shape index (κ1) is 17.3. The van der Waals surface area contributed by atoms with Crippen molar-refractivity contribution in [2.24, 2.45) is 0 Å². The van der Waals surface area contributed by atoms with Crippen LogP contribution in [0.1, 0.15) is 22.3 Å². The first-order chi connectivity index (χ1) is 10.2. The SMILES string of the molecule is Cc1ccc(-c2c(O)c(Br)cc(C)c2CBr)cc1C(F)(F)F. The number of rotatable bonds is 2. The number of benzene rings is 2. The Hall–Kier alpha value is -1.01. The fourth-order valence-electron chi connectivity index (χ4n) is 2.37. The van der Waals surface area contributed by atoms with Crippen molar-refractivity contribution in [1.82, 2.24) is 0 Å². The molecule has 1 N–H and O–H groups in total. The molecule has 0 atom stereocenters. The Morgan fingerprint density at radius 1 is 1.09 bits per heavy atom. The van der Waals surface area contributed by atoms with Gasteiger partial charge in [0.05, 0.1) is 10.0 Å². The number of phenolic OH excluding ortho intramolecular Hbond substituents is 1. The zero-order chi connectivity index (χ0) is 16.7. The molecule has 0 fully saturated rings. The second-order valence-corrected chi connectivity index (χ2v) is 6.45. The van der Waals surface area contributed by atoms with Crippen molar-refractivity contribution in [3.63, 3.8) is 0 Å². The van der Waals surface area contributed by atoms with Crippen LogP contribution in [-0.4, -0.2) is 5.11 Å². The second kappa shape index (κ2) is 6.24. The maximum Gasteiger partial charge on any atom is 0.416 e. The van der Waals surface area contributed by atoms with E-state index in [0.717, 1.165) is 17.2 Å². The van der Waals surface area contributed by atoms with Gasteiger partial charge in [-0.05, 0) is 64.2 Å². The molecule has 0 radical (unpaired) electrons. The summed E-state index contributed by atoms with van der Waals surface area (Å²) in [7, 11) is 0. The minimum absolute atomic E-state index is 0.0583. The van der Waals surface area contributed by atoms with Gasteiger partial charge < -0.3 is 5.11 Å². The van der Waals surface area contributed by atoms with Crippen molar-refractivity contribution >= 4 is 31.9 Å². The molecule has 2 aromatic rings. The largest absolute Gasteiger partial charge is 0.506 e. The molecule has 0 saturated carbocycles. The van der Waals surface area contributed by atoms with Gasteiger partial charge in [0, 0.05) is 10.9 Å². The molecule has 2 aromatic carbocycles. The number of hydrogen-bond donors (Lipinski definition) is 1. The third kappa shape index (κ3) is 3.18. The number of halogens is 5. The van der Waals surface area contributed by atoms with Crippen molar-refractivity contribution in [1.29, 1.82) is 0 Å². The van der Waals surface area contributed by atoms with E-state index >= 15 is 0 Å². The van der Waals surface area contributed by atoms with E-state index in [9.17, 15) is 18.3 Å². The van der Waals surface area contributed by atoms with Crippen LogP contribution in [0.5, 0.6) is 5.75 Å².